The second kappa shape index (κ2) is 7.35. The van der Waals surface area contributed by atoms with Gasteiger partial charge in [0.1, 0.15) is 5.56 Å². The van der Waals surface area contributed by atoms with Crippen LogP contribution in [0.5, 0.6) is 0 Å². The highest BCUT2D eigenvalue weighted by Gasteiger charge is 2.20. The summed E-state index contributed by atoms with van der Waals surface area (Å²) < 4.78 is 1.49. The van der Waals surface area contributed by atoms with E-state index in [9.17, 15) is 14.9 Å². The van der Waals surface area contributed by atoms with Crippen LogP contribution in [0.15, 0.2) is 24.3 Å². The molecule has 0 aliphatic rings. The number of amides is 1. The molecular weight excluding hydrogens is 322 g/mol. The van der Waals surface area contributed by atoms with Gasteiger partial charge in [0, 0.05) is 12.6 Å². The van der Waals surface area contributed by atoms with E-state index in [2.05, 4.69) is 26.2 Å². The van der Waals surface area contributed by atoms with Crippen LogP contribution >= 0.6 is 12.2 Å². The van der Waals surface area contributed by atoms with Gasteiger partial charge in [-0.05, 0) is 35.1 Å². The molecule has 1 amide bonds. The second-order valence-corrected chi connectivity index (χ2v) is 4.82. The maximum atomic E-state index is 12.1. The maximum Gasteiger partial charge on any atom is 0.282 e. The first kappa shape index (κ1) is 16.4. The van der Waals surface area contributed by atoms with Crippen molar-refractivity contribution in [1.29, 1.82) is 0 Å². The van der Waals surface area contributed by atoms with Gasteiger partial charge in [-0.25, -0.2) is 4.68 Å². The summed E-state index contributed by atoms with van der Waals surface area (Å²) in [6.45, 7) is 2.54. The minimum absolute atomic E-state index is 0.0553. The number of anilines is 1. The van der Waals surface area contributed by atoms with E-state index in [4.69, 9.17) is 12.2 Å². The Hall–Kier alpha value is -2.95. The van der Waals surface area contributed by atoms with Gasteiger partial charge in [-0.15, -0.1) is 0 Å². The Bertz CT molecular complexity index is 746. The molecule has 0 bridgehead atoms. The third-order valence-corrected chi connectivity index (χ3v) is 2.97. The van der Waals surface area contributed by atoms with Gasteiger partial charge in [-0.2, -0.15) is 0 Å². The highest BCUT2D eigenvalue weighted by atomic mass is 32.1. The van der Waals surface area contributed by atoms with Crippen LogP contribution in [0.4, 0.5) is 11.6 Å². The lowest BCUT2D eigenvalue weighted by molar-refractivity contribution is -0.385. The summed E-state index contributed by atoms with van der Waals surface area (Å²) in [6.07, 6.45) is 0.815. The van der Waals surface area contributed by atoms with E-state index in [-0.39, 0.29) is 22.3 Å². The van der Waals surface area contributed by atoms with Gasteiger partial charge in [0.05, 0.1) is 4.92 Å². The molecule has 1 aromatic heterocycles. The molecular formula is C12H13N7O3S. The van der Waals surface area contributed by atoms with Crippen LogP contribution in [-0.2, 0) is 6.54 Å². The number of nitrogens with zero attached hydrogens (tertiary/aromatic N) is 5. The molecule has 0 radical (unpaired) electrons. The molecule has 0 fully saturated rings. The van der Waals surface area contributed by atoms with Gasteiger partial charge in [-0.3, -0.25) is 25.5 Å². The number of para-hydroxylation sites is 1. The molecule has 1 aromatic carbocycles. The molecule has 0 spiro atoms. The van der Waals surface area contributed by atoms with E-state index >= 15 is 0 Å². The average Bonchev–Trinajstić information content (AvgIpc) is 2.94. The molecule has 0 unspecified atom stereocenters. The number of hydrogen-bond donors (Lipinski definition) is 2. The highest BCUT2D eigenvalue weighted by Crippen LogP contribution is 2.17. The highest BCUT2D eigenvalue weighted by molar-refractivity contribution is 7.80. The molecule has 10 nitrogen and oxygen atoms in total. The van der Waals surface area contributed by atoms with Gasteiger partial charge >= 0.3 is 0 Å². The number of thiocarbonyl (C=S) groups is 1. The van der Waals surface area contributed by atoms with Crippen LogP contribution in [0.1, 0.15) is 23.7 Å². The van der Waals surface area contributed by atoms with Crippen LogP contribution < -0.4 is 10.6 Å². The molecule has 0 atom stereocenters. The second-order valence-electron chi connectivity index (χ2n) is 4.41. The van der Waals surface area contributed by atoms with Crippen molar-refractivity contribution >= 4 is 34.9 Å². The quantitative estimate of drug-likeness (QED) is 0.472. The van der Waals surface area contributed by atoms with Crippen molar-refractivity contribution in [1.82, 2.24) is 25.5 Å². The molecule has 2 N–H and O–H groups in total. The monoisotopic (exact) mass is 335 g/mol. The summed E-state index contributed by atoms with van der Waals surface area (Å²) in [7, 11) is 0. The Kier molecular flexibility index (Phi) is 5.25. The van der Waals surface area contributed by atoms with Crippen molar-refractivity contribution in [3.8, 4) is 0 Å². The molecule has 0 saturated heterocycles. The lowest BCUT2D eigenvalue weighted by atomic mass is 10.1. The summed E-state index contributed by atoms with van der Waals surface area (Å²) in [5.74, 6) is -0.413. The third-order valence-electron chi connectivity index (χ3n) is 2.77. The van der Waals surface area contributed by atoms with Gasteiger partial charge in [0.15, 0.2) is 5.11 Å². The first-order valence-corrected chi connectivity index (χ1v) is 7.05. The number of tetrazole rings is 1. The Morgan fingerprint density at radius 2 is 2.17 bits per heavy atom. The zero-order chi connectivity index (χ0) is 16.8. The van der Waals surface area contributed by atoms with Crippen LogP contribution in [-0.4, -0.2) is 36.2 Å². The van der Waals surface area contributed by atoms with E-state index in [1.807, 2.05) is 6.92 Å². The number of carbonyl (C=O) groups is 1. The minimum atomic E-state index is -0.690. The van der Waals surface area contributed by atoms with Crippen LogP contribution in [0.25, 0.3) is 0 Å². The molecule has 0 aliphatic heterocycles. The van der Waals surface area contributed by atoms with Crippen molar-refractivity contribution < 1.29 is 9.72 Å². The summed E-state index contributed by atoms with van der Waals surface area (Å²) in [4.78, 5) is 22.4. The van der Waals surface area contributed by atoms with Crippen LogP contribution in [0.3, 0.4) is 0 Å². The number of nitrogens with one attached hydrogen (secondary N) is 2. The molecule has 23 heavy (non-hydrogen) atoms. The van der Waals surface area contributed by atoms with E-state index in [1.165, 1.54) is 28.9 Å². The van der Waals surface area contributed by atoms with Gasteiger partial charge in [0.25, 0.3) is 11.6 Å². The van der Waals surface area contributed by atoms with Gasteiger partial charge in [-0.1, -0.05) is 24.2 Å². The zero-order valence-electron chi connectivity index (χ0n) is 12.1. The fraction of sp³-hybridized carbons (Fsp3) is 0.250. The predicted molar refractivity (Wildman–Crippen MR) is 84.9 cm³/mol. The van der Waals surface area contributed by atoms with Gasteiger partial charge < -0.3 is 0 Å². The summed E-state index contributed by atoms with van der Waals surface area (Å²) in [6, 6.07) is 5.59. The lowest BCUT2D eigenvalue weighted by Crippen LogP contribution is -2.35. The molecule has 2 rings (SSSR count). The van der Waals surface area contributed by atoms with Crippen LogP contribution in [0, 0.1) is 10.1 Å². The van der Waals surface area contributed by atoms with Crippen molar-refractivity contribution in [3.05, 3.63) is 39.9 Å². The number of nitro benzene ring substituents is 1. The normalized spacial score (nSPS) is 10.1. The molecule has 2 aromatic rings. The van der Waals surface area contributed by atoms with Crippen molar-refractivity contribution in [2.24, 2.45) is 0 Å². The average molecular weight is 335 g/mol. The van der Waals surface area contributed by atoms with E-state index in [0.29, 0.717) is 6.54 Å². The largest absolute Gasteiger partial charge is 0.300 e. The first-order chi connectivity index (χ1) is 11.0. The summed E-state index contributed by atoms with van der Waals surface area (Å²) >= 11 is 5.01. The molecule has 0 saturated carbocycles. The summed E-state index contributed by atoms with van der Waals surface area (Å²) in [5, 5.41) is 26.9. The predicted octanol–water partition coefficient (Wildman–Crippen LogP) is 1.12. The molecule has 0 aliphatic carbocycles. The molecule has 1 heterocycles. The van der Waals surface area contributed by atoms with Crippen molar-refractivity contribution in [2.75, 3.05) is 5.32 Å². The number of carbonyl (C=O) groups excluding carboxylic acids is 1. The lowest BCUT2D eigenvalue weighted by Gasteiger charge is -2.09. The fourth-order valence-electron chi connectivity index (χ4n) is 1.78. The Balaban J connectivity index is 2.07. The van der Waals surface area contributed by atoms with E-state index in [0.717, 1.165) is 6.42 Å². The number of rotatable bonds is 5. The Morgan fingerprint density at radius 3 is 2.87 bits per heavy atom. The number of nitro groups is 1. The smallest absolute Gasteiger partial charge is 0.282 e. The number of benzene rings is 1. The minimum Gasteiger partial charge on any atom is -0.300 e. The Morgan fingerprint density at radius 1 is 1.43 bits per heavy atom. The number of hydrogen-bond acceptors (Lipinski definition) is 7. The van der Waals surface area contributed by atoms with Gasteiger partial charge in [0.2, 0.25) is 5.95 Å². The van der Waals surface area contributed by atoms with Crippen molar-refractivity contribution in [3.63, 3.8) is 0 Å². The van der Waals surface area contributed by atoms with Crippen molar-refractivity contribution in [2.45, 2.75) is 19.9 Å². The first-order valence-electron chi connectivity index (χ1n) is 6.64. The number of aryl methyl sites for hydroxylation is 1. The topological polar surface area (TPSA) is 128 Å². The van der Waals surface area contributed by atoms with E-state index in [1.54, 1.807) is 0 Å². The molecule has 120 valence electrons. The standard InChI is InChI=1S/C12H13N7O3S/c1-2-7-18-11(15-16-17-18)14-12(23)13-10(20)8-5-3-4-6-9(8)19(21)22/h3-6H,2,7H2,1H3,(H2,13,14,15,17,20,23). The third kappa shape index (κ3) is 4.03. The fourth-order valence-corrected chi connectivity index (χ4v) is 1.97. The SMILES string of the molecule is CCCn1nnnc1NC(=S)NC(=O)c1ccccc1[N+](=O)[O-]. The van der Waals surface area contributed by atoms with Crippen LogP contribution in [0.2, 0.25) is 0 Å². The maximum absolute atomic E-state index is 12.1. The van der Waals surface area contributed by atoms with E-state index < -0.39 is 10.8 Å². The molecule has 11 heteroatoms. The Labute approximate surface area is 136 Å². The number of aromatic nitrogens is 4. The summed E-state index contributed by atoms with van der Waals surface area (Å²) in [5.41, 5.74) is -0.390. The zero-order valence-corrected chi connectivity index (χ0v) is 12.9.